The maximum absolute atomic E-state index is 13.5. The number of carbonyl (C=O) groups is 1. The number of hydrogen-bond donors (Lipinski definition) is 1. The summed E-state index contributed by atoms with van der Waals surface area (Å²) in [4.78, 5) is 11.6. The van der Waals surface area contributed by atoms with Gasteiger partial charge in [-0.05, 0) is 42.0 Å². The van der Waals surface area contributed by atoms with Crippen LogP contribution in [0.3, 0.4) is 0 Å². The molecule has 0 aliphatic carbocycles. The Morgan fingerprint density at radius 1 is 0.875 bits per heavy atom. The highest BCUT2D eigenvalue weighted by Crippen LogP contribution is 2.35. The molecule has 3 aromatic rings. The van der Waals surface area contributed by atoms with E-state index in [0.29, 0.717) is 15.9 Å². The number of anilines is 1. The van der Waals surface area contributed by atoms with Crippen molar-refractivity contribution >= 4 is 21.6 Å². The van der Waals surface area contributed by atoms with Crippen LogP contribution < -0.4 is 5.32 Å². The zero-order valence-electron chi connectivity index (χ0n) is 16.5. The van der Waals surface area contributed by atoms with E-state index in [0.717, 1.165) is 24.3 Å². The minimum absolute atomic E-state index is 0.212. The fourth-order valence-electron chi connectivity index (χ4n) is 2.97. The number of sulfonamides is 1. The van der Waals surface area contributed by atoms with Crippen LogP contribution in [0.1, 0.15) is 11.1 Å². The number of nitrogens with zero attached hydrogens (tertiary/aromatic N) is 1. The molecule has 168 valence electrons. The zero-order chi connectivity index (χ0) is 23.4. The smallest absolute Gasteiger partial charge is 0.325 e. The highest BCUT2D eigenvalue weighted by atomic mass is 32.2. The Bertz CT molecular complexity index is 1180. The van der Waals surface area contributed by atoms with Crippen LogP contribution in [0.25, 0.3) is 0 Å². The number of carbonyl (C=O) groups excluding carboxylic acids is 1. The summed E-state index contributed by atoms with van der Waals surface area (Å²) in [5, 5.41) is 2.42. The van der Waals surface area contributed by atoms with E-state index in [-0.39, 0.29) is 12.2 Å². The van der Waals surface area contributed by atoms with E-state index in [1.807, 2.05) is 0 Å². The van der Waals surface area contributed by atoms with E-state index in [1.54, 1.807) is 30.3 Å². The highest BCUT2D eigenvalue weighted by Gasteiger charge is 2.39. The quantitative estimate of drug-likeness (QED) is 0.515. The number of alkyl halides is 3. The second-order valence-corrected chi connectivity index (χ2v) is 8.71. The summed E-state index contributed by atoms with van der Waals surface area (Å²) in [7, 11) is -4.71. The number of halogens is 4. The van der Waals surface area contributed by atoms with E-state index in [2.05, 4.69) is 5.32 Å². The molecule has 32 heavy (non-hydrogen) atoms. The molecule has 0 radical (unpaired) electrons. The molecule has 0 heterocycles. The van der Waals surface area contributed by atoms with Crippen molar-refractivity contribution in [1.82, 2.24) is 4.31 Å². The van der Waals surface area contributed by atoms with E-state index < -0.39 is 44.9 Å². The lowest BCUT2D eigenvalue weighted by Gasteiger charge is -2.24. The molecular formula is C22H18F4N2O3S. The predicted octanol–water partition coefficient (Wildman–Crippen LogP) is 4.67. The third-order valence-corrected chi connectivity index (χ3v) is 6.31. The van der Waals surface area contributed by atoms with Crippen molar-refractivity contribution in [2.45, 2.75) is 17.6 Å². The minimum atomic E-state index is -4.90. The van der Waals surface area contributed by atoms with Crippen LogP contribution in [0.15, 0.2) is 83.8 Å². The Kier molecular flexibility index (Phi) is 6.95. The molecule has 10 heteroatoms. The first-order chi connectivity index (χ1) is 15.1. The van der Waals surface area contributed by atoms with Gasteiger partial charge in [0.15, 0.2) is 0 Å². The summed E-state index contributed by atoms with van der Waals surface area (Å²) in [5.74, 6) is -1.32. The number of hydrogen-bond acceptors (Lipinski definition) is 3. The van der Waals surface area contributed by atoms with Gasteiger partial charge in [-0.2, -0.15) is 17.5 Å². The molecule has 0 saturated heterocycles. The van der Waals surface area contributed by atoms with Crippen LogP contribution in [0.5, 0.6) is 0 Å². The van der Waals surface area contributed by atoms with Gasteiger partial charge in [-0.1, -0.05) is 42.5 Å². The van der Waals surface area contributed by atoms with Crippen LogP contribution in [0.2, 0.25) is 0 Å². The van der Waals surface area contributed by atoms with E-state index in [9.17, 15) is 30.8 Å². The molecule has 0 bridgehead atoms. The second-order valence-electron chi connectivity index (χ2n) is 6.81. The molecule has 3 aromatic carbocycles. The number of benzene rings is 3. The van der Waals surface area contributed by atoms with Gasteiger partial charge in [0.05, 0.1) is 17.0 Å². The van der Waals surface area contributed by atoms with Gasteiger partial charge in [-0.3, -0.25) is 4.79 Å². The Hall–Kier alpha value is -3.24. The van der Waals surface area contributed by atoms with E-state index in [1.165, 1.54) is 18.2 Å². The first kappa shape index (κ1) is 23.4. The largest absolute Gasteiger partial charge is 0.417 e. The lowest BCUT2D eigenvalue weighted by molar-refractivity contribution is -0.139. The van der Waals surface area contributed by atoms with Gasteiger partial charge in [-0.25, -0.2) is 12.8 Å². The second kappa shape index (κ2) is 9.49. The molecule has 5 nitrogen and oxygen atoms in total. The van der Waals surface area contributed by atoms with Crippen LogP contribution in [-0.4, -0.2) is 25.2 Å². The van der Waals surface area contributed by atoms with Crippen LogP contribution in [0.4, 0.5) is 23.2 Å². The monoisotopic (exact) mass is 466 g/mol. The number of amides is 1. The maximum Gasteiger partial charge on any atom is 0.417 e. The van der Waals surface area contributed by atoms with Gasteiger partial charge in [-0.15, -0.1) is 0 Å². The van der Waals surface area contributed by atoms with Crippen molar-refractivity contribution < 1.29 is 30.8 Å². The molecule has 1 N–H and O–H groups in total. The lowest BCUT2D eigenvalue weighted by atomic mass is 10.2. The first-order valence-electron chi connectivity index (χ1n) is 9.33. The molecule has 0 aliphatic heterocycles. The van der Waals surface area contributed by atoms with Gasteiger partial charge < -0.3 is 5.32 Å². The summed E-state index contributed by atoms with van der Waals surface area (Å²) < 4.78 is 80.6. The minimum Gasteiger partial charge on any atom is -0.325 e. The molecule has 0 aliphatic rings. The Labute approximate surface area is 182 Å². The summed E-state index contributed by atoms with van der Waals surface area (Å²) in [6.07, 6.45) is -4.90. The van der Waals surface area contributed by atoms with Crippen molar-refractivity contribution in [3.8, 4) is 0 Å². The third-order valence-electron chi connectivity index (χ3n) is 4.46. The highest BCUT2D eigenvalue weighted by molar-refractivity contribution is 7.89. The summed E-state index contributed by atoms with van der Waals surface area (Å²) in [5.41, 5.74) is -0.628. The van der Waals surface area contributed by atoms with E-state index >= 15 is 0 Å². The topological polar surface area (TPSA) is 66.5 Å². The molecular weight excluding hydrogens is 448 g/mol. The van der Waals surface area contributed by atoms with Crippen LogP contribution in [-0.2, 0) is 27.5 Å². The standard InChI is InChI=1S/C22H18F4N2O3S/c23-17-10-12-18(13-11-17)27-21(29)15-28(14-16-6-2-1-3-7-16)32(30,31)20-9-5-4-8-19(20)22(24,25)26/h1-13H,14-15H2,(H,27,29). The van der Waals surface area contributed by atoms with E-state index in [4.69, 9.17) is 0 Å². The summed E-state index contributed by atoms with van der Waals surface area (Å²) in [6, 6.07) is 16.7. The maximum atomic E-state index is 13.5. The Balaban J connectivity index is 1.95. The fourth-order valence-corrected chi connectivity index (χ4v) is 4.57. The SMILES string of the molecule is O=C(CN(Cc1ccccc1)S(=O)(=O)c1ccccc1C(F)(F)F)Nc1ccc(F)cc1. The molecule has 3 rings (SSSR count). The average Bonchev–Trinajstić information content (AvgIpc) is 2.75. The molecule has 0 atom stereocenters. The normalized spacial score (nSPS) is 12.0. The summed E-state index contributed by atoms with van der Waals surface area (Å²) in [6.45, 7) is -1.08. The molecule has 0 saturated carbocycles. The van der Waals surface area contributed by atoms with Gasteiger partial charge in [0.2, 0.25) is 15.9 Å². The molecule has 0 aromatic heterocycles. The number of rotatable bonds is 7. The van der Waals surface area contributed by atoms with Gasteiger partial charge in [0.25, 0.3) is 0 Å². The lowest BCUT2D eigenvalue weighted by Crippen LogP contribution is -2.38. The van der Waals surface area contributed by atoms with Gasteiger partial charge >= 0.3 is 6.18 Å². The van der Waals surface area contributed by atoms with Crippen molar-refractivity contribution in [2.24, 2.45) is 0 Å². The zero-order valence-corrected chi connectivity index (χ0v) is 17.3. The van der Waals surface area contributed by atoms with Crippen molar-refractivity contribution in [1.29, 1.82) is 0 Å². The average molecular weight is 466 g/mol. The third kappa shape index (κ3) is 5.71. The van der Waals surface area contributed by atoms with Crippen LogP contribution >= 0.6 is 0 Å². The Morgan fingerprint density at radius 3 is 2.09 bits per heavy atom. The van der Waals surface area contributed by atoms with Crippen molar-refractivity contribution in [3.63, 3.8) is 0 Å². The van der Waals surface area contributed by atoms with Crippen LogP contribution in [0, 0.1) is 5.82 Å². The number of nitrogens with one attached hydrogen (secondary N) is 1. The molecule has 0 unspecified atom stereocenters. The van der Waals surface area contributed by atoms with Gasteiger partial charge in [0.1, 0.15) is 5.82 Å². The molecule has 0 fully saturated rings. The first-order valence-corrected chi connectivity index (χ1v) is 10.8. The van der Waals surface area contributed by atoms with Gasteiger partial charge in [0, 0.05) is 12.2 Å². The fraction of sp³-hybridized carbons (Fsp3) is 0.136. The summed E-state index contributed by atoms with van der Waals surface area (Å²) >= 11 is 0. The van der Waals surface area contributed by atoms with Crippen molar-refractivity contribution in [3.05, 3.63) is 95.8 Å². The van der Waals surface area contributed by atoms with Crippen molar-refractivity contribution in [2.75, 3.05) is 11.9 Å². The predicted molar refractivity (Wildman–Crippen MR) is 111 cm³/mol. The Morgan fingerprint density at radius 2 is 1.47 bits per heavy atom. The molecule has 1 amide bonds. The molecule has 0 spiro atoms.